The van der Waals surface area contributed by atoms with Crippen molar-refractivity contribution in [2.45, 2.75) is 44.6 Å². The molecule has 0 aromatic carbocycles. The fraction of sp³-hybridized carbons (Fsp3) is 0.923. The van der Waals surface area contributed by atoms with Gasteiger partial charge in [0, 0.05) is 19.1 Å². The van der Waals surface area contributed by atoms with Gasteiger partial charge in [0.15, 0.2) is 0 Å². The molecule has 1 saturated heterocycles. The number of likely N-dealkylation sites (tertiary alicyclic amines) is 1. The quantitative estimate of drug-likeness (QED) is 0.778. The van der Waals surface area contributed by atoms with Crippen molar-refractivity contribution in [3.8, 4) is 0 Å². The molecule has 1 N–H and O–H groups in total. The minimum atomic E-state index is -0.600. The molecule has 3 rings (SSSR count). The topological polar surface area (TPSA) is 40.5 Å². The molecule has 0 unspecified atom stereocenters. The van der Waals surface area contributed by atoms with Crippen LogP contribution in [0.1, 0.15) is 38.5 Å². The van der Waals surface area contributed by atoms with Crippen LogP contribution in [0.4, 0.5) is 0 Å². The van der Waals surface area contributed by atoms with E-state index < -0.39 is 5.97 Å². The monoisotopic (exact) mass is 223 g/mol. The summed E-state index contributed by atoms with van der Waals surface area (Å²) in [6.45, 7) is 1.62. The first-order valence-electron chi connectivity index (χ1n) is 6.72. The predicted octanol–water partition coefficient (Wildman–Crippen LogP) is 1.97. The fourth-order valence-electron chi connectivity index (χ4n) is 4.15. The average Bonchev–Trinajstić information content (AvgIpc) is 2.13. The molecule has 2 bridgehead atoms. The van der Waals surface area contributed by atoms with Crippen LogP contribution in [0.25, 0.3) is 0 Å². The highest BCUT2D eigenvalue weighted by atomic mass is 16.4. The second kappa shape index (κ2) is 4.02. The van der Waals surface area contributed by atoms with Crippen molar-refractivity contribution in [3.63, 3.8) is 0 Å². The predicted molar refractivity (Wildman–Crippen MR) is 61.2 cm³/mol. The molecule has 2 saturated carbocycles. The largest absolute Gasteiger partial charge is 0.481 e. The van der Waals surface area contributed by atoms with Gasteiger partial charge in [-0.1, -0.05) is 12.8 Å². The van der Waals surface area contributed by atoms with Gasteiger partial charge in [0.05, 0.1) is 5.92 Å². The summed E-state index contributed by atoms with van der Waals surface area (Å²) in [4.78, 5) is 13.3. The lowest BCUT2D eigenvalue weighted by Gasteiger charge is -2.53. The van der Waals surface area contributed by atoms with Crippen molar-refractivity contribution in [2.24, 2.45) is 17.8 Å². The normalized spacial score (nSPS) is 40.4. The zero-order chi connectivity index (χ0) is 11.1. The van der Waals surface area contributed by atoms with Crippen LogP contribution in [0.3, 0.4) is 0 Å². The Labute approximate surface area is 96.8 Å². The number of aliphatic carboxylic acids is 1. The molecule has 16 heavy (non-hydrogen) atoms. The number of fused-ring (bicyclic) bond motifs is 2. The van der Waals surface area contributed by atoms with E-state index >= 15 is 0 Å². The summed E-state index contributed by atoms with van der Waals surface area (Å²) in [6, 6.07) is 0.734. The summed E-state index contributed by atoms with van der Waals surface area (Å²) in [7, 11) is 0. The number of carbonyl (C=O) groups is 1. The Balaban J connectivity index is 1.64. The Kier molecular flexibility index (Phi) is 2.66. The first kappa shape index (κ1) is 10.6. The fourth-order valence-corrected chi connectivity index (χ4v) is 4.15. The molecule has 0 spiro atoms. The Bertz CT molecular complexity index is 264. The third-order valence-corrected chi connectivity index (χ3v) is 4.95. The first-order valence-corrected chi connectivity index (χ1v) is 6.72. The Morgan fingerprint density at radius 3 is 1.94 bits per heavy atom. The van der Waals surface area contributed by atoms with Crippen molar-refractivity contribution >= 4 is 5.97 Å². The second-order valence-electron chi connectivity index (χ2n) is 5.86. The van der Waals surface area contributed by atoms with Crippen molar-refractivity contribution < 1.29 is 9.90 Å². The van der Waals surface area contributed by atoms with E-state index in [1.54, 1.807) is 0 Å². The average molecular weight is 223 g/mol. The molecule has 3 nitrogen and oxygen atoms in total. The van der Waals surface area contributed by atoms with Gasteiger partial charge in [-0.3, -0.25) is 9.69 Å². The molecule has 1 aliphatic heterocycles. The number of hydrogen-bond acceptors (Lipinski definition) is 2. The van der Waals surface area contributed by atoms with Crippen LogP contribution in [0.5, 0.6) is 0 Å². The molecule has 0 amide bonds. The van der Waals surface area contributed by atoms with Gasteiger partial charge in [-0.25, -0.2) is 0 Å². The van der Waals surface area contributed by atoms with Crippen LogP contribution in [0, 0.1) is 17.8 Å². The van der Waals surface area contributed by atoms with Gasteiger partial charge < -0.3 is 5.11 Å². The van der Waals surface area contributed by atoms with Gasteiger partial charge in [-0.15, -0.1) is 0 Å². The third kappa shape index (κ3) is 1.65. The zero-order valence-electron chi connectivity index (χ0n) is 9.77. The summed E-state index contributed by atoms with van der Waals surface area (Å²) in [5.41, 5.74) is 0. The van der Waals surface area contributed by atoms with E-state index in [0.717, 1.165) is 31.0 Å². The molecular weight excluding hydrogens is 202 g/mol. The van der Waals surface area contributed by atoms with Crippen LogP contribution in [0.15, 0.2) is 0 Å². The van der Waals surface area contributed by atoms with Crippen LogP contribution >= 0.6 is 0 Å². The van der Waals surface area contributed by atoms with E-state index in [1.807, 2.05) is 0 Å². The zero-order valence-corrected chi connectivity index (χ0v) is 9.77. The Morgan fingerprint density at radius 2 is 1.50 bits per heavy atom. The standard InChI is InChI=1S/C13H21NO2/c15-13(16)11-7-14(8-11)12-9-3-1-4-10(12)6-2-5-9/h9-12H,1-8H2,(H,15,16). The number of nitrogens with zero attached hydrogens (tertiary/aromatic N) is 1. The van der Waals surface area contributed by atoms with Crippen molar-refractivity contribution in [1.29, 1.82) is 0 Å². The summed E-state index contributed by atoms with van der Waals surface area (Å²) < 4.78 is 0. The minimum absolute atomic E-state index is 0.0809. The number of carboxylic acid groups (broad SMARTS) is 1. The molecule has 1 heterocycles. The summed E-state index contributed by atoms with van der Waals surface area (Å²) in [5, 5.41) is 8.93. The maximum Gasteiger partial charge on any atom is 0.309 e. The first-order chi connectivity index (χ1) is 7.75. The van der Waals surface area contributed by atoms with Gasteiger partial charge in [-0.05, 0) is 37.5 Å². The van der Waals surface area contributed by atoms with E-state index in [9.17, 15) is 4.79 Å². The van der Waals surface area contributed by atoms with Crippen molar-refractivity contribution in [3.05, 3.63) is 0 Å². The summed E-state index contributed by atoms with van der Waals surface area (Å²) >= 11 is 0. The highest BCUT2D eigenvalue weighted by Gasteiger charge is 2.45. The number of hydrogen-bond donors (Lipinski definition) is 1. The lowest BCUT2D eigenvalue weighted by atomic mass is 9.67. The molecule has 2 aliphatic carbocycles. The molecular formula is C13H21NO2. The second-order valence-corrected chi connectivity index (χ2v) is 5.86. The molecule has 0 aromatic heterocycles. The number of rotatable bonds is 2. The Morgan fingerprint density at radius 1 is 1.00 bits per heavy atom. The lowest BCUT2D eigenvalue weighted by Crippen LogP contribution is -2.60. The molecule has 3 fully saturated rings. The summed E-state index contributed by atoms with van der Waals surface area (Å²) in [5.74, 6) is 1.07. The molecule has 3 aliphatic rings. The van der Waals surface area contributed by atoms with Gasteiger partial charge in [-0.2, -0.15) is 0 Å². The van der Waals surface area contributed by atoms with Gasteiger partial charge in [0.2, 0.25) is 0 Å². The maximum absolute atomic E-state index is 10.8. The molecule has 0 radical (unpaired) electrons. The van der Waals surface area contributed by atoms with Crippen molar-refractivity contribution in [2.75, 3.05) is 13.1 Å². The molecule has 90 valence electrons. The van der Waals surface area contributed by atoms with E-state index in [2.05, 4.69) is 4.90 Å². The third-order valence-electron chi connectivity index (χ3n) is 4.95. The van der Waals surface area contributed by atoms with Crippen LogP contribution < -0.4 is 0 Å². The highest BCUT2D eigenvalue weighted by molar-refractivity contribution is 5.71. The maximum atomic E-state index is 10.8. The van der Waals surface area contributed by atoms with E-state index in [0.29, 0.717) is 0 Å². The molecule has 0 aromatic rings. The van der Waals surface area contributed by atoms with E-state index in [1.165, 1.54) is 38.5 Å². The SMILES string of the molecule is O=C(O)C1CN(C2C3CCCC2CCC3)C1. The lowest BCUT2D eigenvalue weighted by molar-refractivity contribution is -0.151. The molecule has 0 atom stereocenters. The van der Waals surface area contributed by atoms with Gasteiger partial charge in [0.1, 0.15) is 0 Å². The van der Waals surface area contributed by atoms with Gasteiger partial charge >= 0.3 is 5.97 Å². The van der Waals surface area contributed by atoms with E-state index in [-0.39, 0.29) is 5.92 Å². The van der Waals surface area contributed by atoms with Crippen molar-refractivity contribution in [1.82, 2.24) is 4.90 Å². The number of carboxylic acids is 1. The van der Waals surface area contributed by atoms with Gasteiger partial charge in [0.25, 0.3) is 0 Å². The highest BCUT2D eigenvalue weighted by Crippen LogP contribution is 2.44. The van der Waals surface area contributed by atoms with E-state index in [4.69, 9.17) is 5.11 Å². The molecule has 3 heteroatoms. The summed E-state index contributed by atoms with van der Waals surface area (Å²) in [6.07, 6.45) is 8.35. The van der Waals surface area contributed by atoms with Crippen LogP contribution in [-0.4, -0.2) is 35.1 Å². The van der Waals surface area contributed by atoms with Crippen LogP contribution in [-0.2, 0) is 4.79 Å². The Hall–Kier alpha value is -0.570. The van der Waals surface area contributed by atoms with Crippen LogP contribution in [0.2, 0.25) is 0 Å². The smallest absolute Gasteiger partial charge is 0.309 e. The minimum Gasteiger partial charge on any atom is -0.481 e.